The molecule has 7 heteroatoms. The summed E-state index contributed by atoms with van der Waals surface area (Å²) in [6, 6.07) is 12.1. The van der Waals surface area contributed by atoms with Gasteiger partial charge in [-0.2, -0.15) is 0 Å². The second-order valence-electron chi connectivity index (χ2n) is 8.32. The normalized spacial score (nSPS) is 15.4. The summed E-state index contributed by atoms with van der Waals surface area (Å²) in [5.74, 6) is -1.37. The van der Waals surface area contributed by atoms with E-state index in [9.17, 15) is 14.4 Å². The van der Waals surface area contributed by atoms with E-state index in [0.29, 0.717) is 16.3 Å². The highest BCUT2D eigenvalue weighted by atomic mass is 35.5. The molecule has 2 heterocycles. The molecular weight excluding hydrogens is 438 g/mol. The van der Waals surface area contributed by atoms with Crippen LogP contribution in [-0.2, 0) is 9.59 Å². The number of nitrogens with zero attached hydrogens (tertiary/aromatic N) is 2. The average molecular weight is 462 g/mol. The molecule has 1 aliphatic heterocycles. The molecule has 1 fully saturated rings. The van der Waals surface area contributed by atoms with Crippen molar-refractivity contribution < 1.29 is 14.4 Å². The standard InChI is InChI=1S/C26H24ClN3O3/c1-14-7-9-21(10-16(14)3)30-25(32)22(24(31)28-26(30)33)12-19-11-17(4)29(18(19)5)23-13-20(27)8-6-15(23)2/h6-13H,1-5H3,(H,28,31,33)/b22-12+. The minimum atomic E-state index is -0.759. The lowest BCUT2D eigenvalue weighted by atomic mass is 10.1. The maximum atomic E-state index is 13.3. The first-order chi connectivity index (χ1) is 15.6. The van der Waals surface area contributed by atoms with Gasteiger partial charge in [0.05, 0.1) is 5.69 Å². The van der Waals surface area contributed by atoms with Crippen molar-refractivity contribution in [2.45, 2.75) is 34.6 Å². The molecule has 1 aliphatic rings. The van der Waals surface area contributed by atoms with Crippen LogP contribution in [0.3, 0.4) is 0 Å². The fourth-order valence-electron chi connectivity index (χ4n) is 4.04. The van der Waals surface area contributed by atoms with Crippen molar-refractivity contribution in [3.05, 3.63) is 86.7 Å². The number of urea groups is 1. The predicted octanol–water partition coefficient (Wildman–Crippen LogP) is 5.34. The fraction of sp³-hybridized carbons (Fsp3) is 0.192. The first kappa shape index (κ1) is 22.6. The average Bonchev–Trinajstić information content (AvgIpc) is 3.02. The summed E-state index contributed by atoms with van der Waals surface area (Å²) in [6.45, 7) is 9.71. The number of halogens is 1. The van der Waals surface area contributed by atoms with E-state index in [1.54, 1.807) is 12.1 Å². The number of barbiturate groups is 1. The van der Waals surface area contributed by atoms with Gasteiger partial charge in [0.25, 0.3) is 11.8 Å². The minimum absolute atomic E-state index is 0.101. The number of hydrogen-bond donors (Lipinski definition) is 1. The van der Waals surface area contributed by atoms with E-state index in [1.807, 2.05) is 69.5 Å². The number of benzene rings is 2. The topological polar surface area (TPSA) is 71.4 Å². The Bertz CT molecular complexity index is 1370. The van der Waals surface area contributed by atoms with E-state index in [4.69, 9.17) is 11.6 Å². The zero-order valence-corrected chi connectivity index (χ0v) is 19.9. The smallest absolute Gasteiger partial charge is 0.318 e. The monoisotopic (exact) mass is 461 g/mol. The van der Waals surface area contributed by atoms with Crippen molar-refractivity contribution in [1.29, 1.82) is 0 Å². The van der Waals surface area contributed by atoms with Crippen LogP contribution < -0.4 is 10.2 Å². The summed E-state index contributed by atoms with van der Waals surface area (Å²) in [4.78, 5) is 39.4. The molecule has 0 bridgehead atoms. The highest BCUT2D eigenvalue weighted by Gasteiger charge is 2.37. The number of imide groups is 2. The van der Waals surface area contributed by atoms with Gasteiger partial charge in [-0.3, -0.25) is 14.9 Å². The molecule has 168 valence electrons. The van der Waals surface area contributed by atoms with Gasteiger partial charge in [0, 0.05) is 22.1 Å². The SMILES string of the molecule is Cc1ccc(N2C(=O)NC(=O)/C(=C\c3cc(C)n(-c4cc(Cl)ccc4C)c3C)C2=O)cc1C. The molecule has 0 spiro atoms. The molecule has 1 saturated heterocycles. The van der Waals surface area contributed by atoms with Crippen LogP contribution in [0, 0.1) is 34.6 Å². The zero-order chi connectivity index (χ0) is 24.0. The Morgan fingerprint density at radius 3 is 2.24 bits per heavy atom. The van der Waals surface area contributed by atoms with Gasteiger partial charge in [-0.05, 0) is 93.3 Å². The molecule has 1 aromatic heterocycles. The summed E-state index contributed by atoms with van der Waals surface area (Å²) in [7, 11) is 0. The Morgan fingerprint density at radius 1 is 0.848 bits per heavy atom. The number of carbonyl (C=O) groups is 3. The minimum Gasteiger partial charge on any atom is -0.318 e. The summed E-state index contributed by atoms with van der Waals surface area (Å²) >= 11 is 6.22. The third kappa shape index (κ3) is 3.98. The Labute approximate surface area is 197 Å². The number of aryl methyl sites for hydroxylation is 4. The number of nitrogens with one attached hydrogen (secondary N) is 1. The number of carbonyl (C=O) groups excluding carboxylic acids is 3. The van der Waals surface area contributed by atoms with Crippen molar-refractivity contribution in [1.82, 2.24) is 9.88 Å². The molecule has 33 heavy (non-hydrogen) atoms. The van der Waals surface area contributed by atoms with Gasteiger partial charge in [-0.1, -0.05) is 23.7 Å². The van der Waals surface area contributed by atoms with Crippen molar-refractivity contribution in [3.8, 4) is 5.69 Å². The quantitative estimate of drug-likeness (QED) is 0.422. The zero-order valence-electron chi connectivity index (χ0n) is 19.1. The number of anilines is 1. The van der Waals surface area contributed by atoms with Crippen LogP contribution in [0.1, 0.15) is 33.6 Å². The molecule has 0 radical (unpaired) electrons. The van der Waals surface area contributed by atoms with Gasteiger partial charge in [0.1, 0.15) is 5.57 Å². The summed E-state index contributed by atoms with van der Waals surface area (Å²) in [6.07, 6.45) is 1.54. The number of rotatable bonds is 3. The van der Waals surface area contributed by atoms with Gasteiger partial charge in [-0.25, -0.2) is 9.69 Å². The number of amides is 4. The fourth-order valence-corrected chi connectivity index (χ4v) is 4.21. The molecular formula is C26H24ClN3O3. The molecule has 0 aliphatic carbocycles. The summed E-state index contributed by atoms with van der Waals surface area (Å²) < 4.78 is 2.03. The van der Waals surface area contributed by atoms with E-state index in [0.717, 1.165) is 38.7 Å². The molecule has 3 aromatic rings. The number of hydrogen-bond acceptors (Lipinski definition) is 3. The van der Waals surface area contributed by atoms with Crippen LogP contribution in [0.4, 0.5) is 10.5 Å². The van der Waals surface area contributed by atoms with Gasteiger partial charge < -0.3 is 4.57 Å². The second kappa shape index (κ2) is 8.37. The van der Waals surface area contributed by atoms with Crippen molar-refractivity contribution in [2.75, 3.05) is 4.90 Å². The lowest BCUT2D eigenvalue weighted by Crippen LogP contribution is -2.54. The van der Waals surface area contributed by atoms with Gasteiger partial charge in [0.2, 0.25) is 0 Å². The molecule has 2 aromatic carbocycles. The summed E-state index contributed by atoms with van der Waals surface area (Å²) in [5, 5.41) is 2.90. The van der Waals surface area contributed by atoms with Crippen LogP contribution in [-0.4, -0.2) is 22.4 Å². The third-order valence-electron chi connectivity index (χ3n) is 6.03. The van der Waals surface area contributed by atoms with Crippen LogP contribution in [0.2, 0.25) is 5.02 Å². The first-order valence-corrected chi connectivity index (χ1v) is 10.9. The maximum absolute atomic E-state index is 13.3. The highest BCUT2D eigenvalue weighted by Crippen LogP contribution is 2.29. The van der Waals surface area contributed by atoms with Gasteiger partial charge in [0.15, 0.2) is 0 Å². The molecule has 6 nitrogen and oxygen atoms in total. The molecule has 0 atom stereocenters. The Hall–Kier alpha value is -3.64. The van der Waals surface area contributed by atoms with Gasteiger partial charge >= 0.3 is 6.03 Å². The van der Waals surface area contributed by atoms with E-state index >= 15 is 0 Å². The Balaban J connectivity index is 1.79. The molecule has 0 saturated carbocycles. The third-order valence-corrected chi connectivity index (χ3v) is 6.27. The maximum Gasteiger partial charge on any atom is 0.335 e. The predicted molar refractivity (Wildman–Crippen MR) is 130 cm³/mol. The van der Waals surface area contributed by atoms with Crippen LogP contribution in [0.25, 0.3) is 11.8 Å². The van der Waals surface area contributed by atoms with Crippen LogP contribution in [0.15, 0.2) is 48.0 Å². The molecule has 1 N–H and O–H groups in total. The molecule has 4 rings (SSSR count). The largest absolute Gasteiger partial charge is 0.335 e. The summed E-state index contributed by atoms with van der Waals surface area (Å²) in [5.41, 5.74) is 6.74. The molecule has 4 amide bonds. The van der Waals surface area contributed by atoms with Crippen LogP contribution >= 0.6 is 11.6 Å². The number of aromatic nitrogens is 1. The van der Waals surface area contributed by atoms with Crippen molar-refractivity contribution >= 4 is 41.2 Å². The first-order valence-electron chi connectivity index (χ1n) is 10.5. The van der Waals surface area contributed by atoms with Crippen molar-refractivity contribution in [2.24, 2.45) is 0 Å². The Kier molecular flexibility index (Phi) is 5.72. The second-order valence-corrected chi connectivity index (χ2v) is 8.76. The van der Waals surface area contributed by atoms with Crippen LogP contribution in [0.5, 0.6) is 0 Å². The lowest BCUT2D eigenvalue weighted by Gasteiger charge is -2.26. The van der Waals surface area contributed by atoms with Crippen molar-refractivity contribution in [3.63, 3.8) is 0 Å². The van der Waals surface area contributed by atoms with E-state index in [-0.39, 0.29) is 5.57 Å². The highest BCUT2D eigenvalue weighted by molar-refractivity contribution is 6.39. The lowest BCUT2D eigenvalue weighted by molar-refractivity contribution is -0.122. The Morgan fingerprint density at radius 2 is 1.55 bits per heavy atom. The van der Waals surface area contributed by atoms with E-state index in [1.165, 1.54) is 6.08 Å². The van der Waals surface area contributed by atoms with Gasteiger partial charge in [-0.15, -0.1) is 0 Å². The van der Waals surface area contributed by atoms with E-state index < -0.39 is 17.8 Å². The molecule has 0 unspecified atom stereocenters. The van der Waals surface area contributed by atoms with E-state index in [2.05, 4.69) is 5.32 Å².